The molecule has 0 spiro atoms. The summed E-state index contributed by atoms with van der Waals surface area (Å²) < 4.78 is 13.4. The number of carbonyl (C=O) groups is 2. The van der Waals surface area contributed by atoms with Crippen molar-refractivity contribution in [1.29, 1.82) is 0 Å². The number of aryl methyl sites for hydroxylation is 1. The van der Waals surface area contributed by atoms with Crippen LogP contribution in [0.3, 0.4) is 0 Å². The van der Waals surface area contributed by atoms with Crippen molar-refractivity contribution in [3.05, 3.63) is 41.3 Å². The van der Waals surface area contributed by atoms with Crippen LogP contribution in [-0.4, -0.2) is 47.9 Å². The third kappa shape index (κ3) is 5.31. The molecule has 1 unspecified atom stereocenters. The maximum atomic E-state index is 13.4. The number of fused-ring (bicyclic) bond motifs is 1. The second-order valence-corrected chi connectivity index (χ2v) is 6.63. The summed E-state index contributed by atoms with van der Waals surface area (Å²) in [7, 11) is 0. The van der Waals surface area contributed by atoms with Gasteiger partial charge in [-0.15, -0.1) is 24.8 Å². The van der Waals surface area contributed by atoms with Crippen LogP contribution in [0.2, 0.25) is 0 Å². The van der Waals surface area contributed by atoms with E-state index in [2.05, 4.69) is 10.3 Å². The van der Waals surface area contributed by atoms with Crippen LogP contribution in [-0.2, 0) is 4.79 Å². The fourth-order valence-electron chi connectivity index (χ4n) is 3.34. The predicted octanol–water partition coefficient (Wildman–Crippen LogP) is 2.45. The third-order valence-electron chi connectivity index (χ3n) is 4.72. The average Bonchev–Trinajstić information content (AvgIpc) is 2.65. The number of pyridine rings is 1. The number of hydrogen-bond acceptors (Lipinski definition) is 4. The van der Waals surface area contributed by atoms with Crippen LogP contribution < -0.4 is 11.1 Å². The van der Waals surface area contributed by atoms with Gasteiger partial charge >= 0.3 is 0 Å². The van der Waals surface area contributed by atoms with Gasteiger partial charge in [0.05, 0.1) is 22.7 Å². The van der Waals surface area contributed by atoms with Gasteiger partial charge in [-0.1, -0.05) is 0 Å². The number of amides is 2. The topological polar surface area (TPSA) is 88.3 Å². The average molecular weight is 431 g/mol. The molecule has 2 heterocycles. The van der Waals surface area contributed by atoms with E-state index in [0.29, 0.717) is 43.0 Å². The zero-order valence-electron chi connectivity index (χ0n) is 15.6. The molecule has 28 heavy (non-hydrogen) atoms. The monoisotopic (exact) mass is 430 g/mol. The van der Waals surface area contributed by atoms with E-state index < -0.39 is 0 Å². The minimum absolute atomic E-state index is 0. The fourth-order valence-corrected chi connectivity index (χ4v) is 3.34. The molecular formula is C19H25Cl2FN4O2. The molecular weight excluding hydrogens is 406 g/mol. The number of halogens is 3. The van der Waals surface area contributed by atoms with E-state index in [-0.39, 0.29) is 48.4 Å². The third-order valence-corrected chi connectivity index (χ3v) is 4.72. The number of aromatic nitrogens is 1. The Bertz CT molecular complexity index is 850. The van der Waals surface area contributed by atoms with Gasteiger partial charge in [-0.05, 0) is 38.0 Å². The number of likely N-dealkylation sites (tertiary alicyclic amines) is 1. The van der Waals surface area contributed by atoms with Crippen LogP contribution in [0.5, 0.6) is 0 Å². The number of nitrogens with zero attached hydrogens (tertiary/aromatic N) is 2. The molecule has 1 aromatic carbocycles. The molecule has 1 aromatic heterocycles. The number of hydrogen-bond donors (Lipinski definition) is 2. The molecule has 1 atom stereocenters. The molecule has 1 aliphatic heterocycles. The highest BCUT2D eigenvalue weighted by Gasteiger charge is 2.29. The molecule has 6 nitrogen and oxygen atoms in total. The number of benzene rings is 1. The molecule has 0 bridgehead atoms. The molecule has 3 N–H and O–H groups in total. The molecule has 0 radical (unpaired) electrons. The van der Waals surface area contributed by atoms with Gasteiger partial charge in [0.25, 0.3) is 5.91 Å². The molecule has 0 aliphatic carbocycles. The first-order valence-electron chi connectivity index (χ1n) is 8.83. The summed E-state index contributed by atoms with van der Waals surface area (Å²) in [6.45, 7) is 3.57. The first-order valence-corrected chi connectivity index (χ1v) is 8.83. The molecule has 1 saturated heterocycles. The second-order valence-electron chi connectivity index (χ2n) is 6.63. The molecule has 2 aromatic rings. The fraction of sp³-hybridized carbons (Fsp3) is 0.421. The van der Waals surface area contributed by atoms with Crippen molar-refractivity contribution in [2.45, 2.75) is 19.8 Å². The van der Waals surface area contributed by atoms with E-state index in [4.69, 9.17) is 5.73 Å². The standard InChI is InChI=1S/C19H23FN4O2.2ClH/c1-12-16(9-13-4-5-15(20)10-17(13)23-12)19(26)24-8-2-3-14(11-24)18(25)22-7-6-21;;/h4-5,9-10,14H,2-3,6-8,11,21H2,1H3,(H,22,25);2*1H. The summed E-state index contributed by atoms with van der Waals surface area (Å²) in [5.41, 5.74) is 7.00. The van der Waals surface area contributed by atoms with Gasteiger partial charge in [0.15, 0.2) is 0 Å². The van der Waals surface area contributed by atoms with Crippen LogP contribution in [0.1, 0.15) is 28.9 Å². The zero-order chi connectivity index (χ0) is 18.7. The Morgan fingerprint density at radius 1 is 1.32 bits per heavy atom. The summed E-state index contributed by atoms with van der Waals surface area (Å²) in [6.07, 6.45) is 1.53. The molecule has 1 fully saturated rings. The van der Waals surface area contributed by atoms with Crippen LogP contribution in [0, 0.1) is 18.7 Å². The van der Waals surface area contributed by atoms with E-state index in [0.717, 1.165) is 18.2 Å². The Labute approximate surface area is 175 Å². The number of nitrogens with one attached hydrogen (secondary N) is 1. The van der Waals surface area contributed by atoms with Crippen molar-refractivity contribution < 1.29 is 14.0 Å². The highest BCUT2D eigenvalue weighted by molar-refractivity contribution is 5.99. The van der Waals surface area contributed by atoms with E-state index in [1.807, 2.05) is 0 Å². The lowest BCUT2D eigenvalue weighted by molar-refractivity contribution is -0.126. The van der Waals surface area contributed by atoms with Crippen molar-refractivity contribution >= 4 is 47.5 Å². The van der Waals surface area contributed by atoms with Gasteiger partial charge in [0, 0.05) is 37.6 Å². The Balaban J connectivity index is 0.00000196. The zero-order valence-corrected chi connectivity index (χ0v) is 17.2. The lowest BCUT2D eigenvalue weighted by atomic mass is 9.96. The maximum Gasteiger partial charge on any atom is 0.255 e. The molecule has 154 valence electrons. The van der Waals surface area contributed by atoms with Crippen molar-refractivity contribution in [3.8, 4) is 0 Å². The van der Waals surface area contributed by atoms with Gasteiger partial charge in [0.1, 0.15) is 5.82 Å². The number of nitrogens with two attached hydrogens (primary N) is 1. The van der Waals surface area contributed by atoms with Gasteiger partial charge in [0.2, 0.25) is 5.91 Å². The quantitative estimate of drug-likeness (QED) is 0.779. The first-order chi connectivity index (χ1) is 12.5. The van der Waals surface area contributed by atoms with Crippen LogP contribution >= 0.6 is 24.8 Å². The minimum Gasteiger partial charge on any atom is -0.355 e. The number of carbonyl (C=O) groups excluding carboxylic acids is 2. The van der Waals surface area contributed by atoms with Gasteiger partial charge in [-0.3, -0.25) is 14.6 Å². The Morgan fingerprint density at radius 2 is 2.07 bits per heavy atom. The normalized spacial score (nSPS) is 16.1. The van der Waals surface area contributed by atoms with Gasteiger partial charge in [-0.25, -0.2) is 4.39 Å². The lowest BCUT2D eigenvalue weighted by Crippen LogP contribution is -2.46. The van der Waals surface area contributed by atoms with E-state index in [1.54, 1.807) is 24.0 Å². The molecule has 3 rings (SSSR count). The van der Waals surface area contributed by atoms with Crippen molar-refractivity contribution in [3.63, 3.8) is 0 Å². The van der Waals surface area contributed by atoms with E-state index in [9.17, 15) is 14.0 Å². The van der Waals surface area contributed by atoms with E-state index >= 15 is 0 Å². The van der Waals surface area contributed by atoms with Crippen molar-refractivity contribution in [2.75, 3.05) is 26.2 Å². The smallest absolute Gasteiger partial charge is 0.255 e. The van der Waals surface area contributed by atoms with Gasteiger partial charge < -0.3 is 16.0 Å². The summed E-state index contributed by atoms with van der Waals surface area (Å²) in [5, 5.41) is 3.51. The van der Waals surface area contributed by atoms with Crippen LogP contribution in [0.15, 0.2) is 24.3 Å². The molecule has 2 amide bonds. The molecule has 0 saturated carbocycles. The highest BCUT2D eigenvalue weighted by atomic mass is 35.5. The van der Waals surface area contributed by atoms with Crippen molar-refractivity contribution in [2.24, 2.45) is 11.7 Å². The van der Waals surface area contributed by atoms with Crippen molar-refractivity contribution in [1.82, 2.24) is 15.2 Å². The molecule has 9 heteroatoms. The number of rotatable bonds is 4. The SMILES string of the molecule is Cc1nc2cc(F)ccc2cc1C(=O)N1CCCC(C(=O)NCCN)C1.Cl.Cl. The lowest BCUT2D eigenvalue weighted by Gasteiger charge is -2.32. The molecule has 1 aliphatic rings. The maximum absolute atomic E-state index is 13.4. The number of piperidine rings is 1. The predicted molar refractivity (Wildman–Crippen MR) is 112 cm³/mol. The summed E-state index contributed by atoms with van der Waals surface area (Å²) in [6, 6.07) is 6.08. The summed E-state index contributed by atoms with van der Waals surface area (Å²) in [5.74, 6) is -0.776. The summed E-state index contributed by atoms with van der Waals surface area (Å²) >= 11 is 0. The second kappa shape index (κ2) is 10.5. The highest BCUT2D eigenvalue weighted by Crippen LogP contribution is 2.22. The Morgan fingerprint density at radius 3 is 2.79 bits per heavy atom. The van der Waals surface area contributed by atoms with Gasteiger partial charge in [-0.2, -0.15) is 0 Å². The summed E-state index contributed by atoms with van der Waals surface area (Å²) in [4.78, 5) is 31.2. The Kier molecular flexibility index (Phi) is 9.07. The van der Waals surface area contributed by atoms with E-state index in [1.165, 1.54) is 12.1 Å². The van der Waals surface area contributed by atoms with Crippen LogP contribution in [0.25, 0.3) is 10.9 Å². The Hall–Kier alpha value is -1.96. The minimum atomic E-state index is -0.356. The first kappa shape index (κ1) is 24.1. The van der Waals surface area contributed by atoms with Crippen LogP contribution in [0.4, 0.5) is 4.39 Å². The largest absolute Gasteiger partial charge is 0.355 e.